The first-order valence-electron chi connectivity index (χ1n) is 9.34. The Kier molecular flexibility index (Phi) is 5.18. The van der Waals surface area contributed by atoms with E-state index < -0.39 is 0 Å². The topological polar surface area (TPSA) is 59.4 Å². The summed E-state index contributed by atoms with van der Waals surface area (Å²) in [6.07, 6.45) is 1.91. The summed E-state index contributed by atoms with van der Waals surface area (Å²) in [5, 5.41) is 9.47. The third kappa shape index (κ3) is 4.02. The molecule has 1 aliphatic rings. The minimum absolute atomic E-state index is 0.135. The van der Waals surface area contributed by atoms with Crippen molar-refractivity contribution >= 4 is 22.5 Å². The predicted octanol–water partition coefficient (Wildman–Crippen LogP) is 2.93. The zero-order chi connectivity index (χ0) is 18.6. The predicted molar refractivity (Wildman–Crippen MR) is 106 cm³/mol. The first kappa shape index (κ1) is 17.7. The van der Waals surface area contributed by atoms with Crippen LogP contribution < -0.4 is 5.32 Å². The van der Waals surface area contributed by atoms with E-state index in [-0.39, 0.29) is 5.91 Å². The van der Waals surface area contributed by atoms with Crippen LogP contribution in [0, 0.1) is 6.92 Å². The van der Waals surface area contributed by atoms with Crippen LogP contribution in [0.2, 0.25) is 0 Å². The van der Waals surface area contributed by atoms with E-state index in [0.29, 0.717) is 11.4 Å². The monoisotopic (exact) mass is 364 g/mol. The molecule has 140 valence electrons. The lowest BCUT2D eigenvalue weighted by Gasteiger charge is -2.26. The number of hydrogen-bond donors (Lipinski definition) is 1. The number of nitrogens with zero attached hydrogens (tertiary/aromatic N) is 3. The summed E-state index contributed by atoms with van der Waals surface area (Å²) in [5.41, 5.74) is 1.83. The van der Waals surface area contributed by atoms with E-state index in [2.05, 4.69) is 22.2 Å². The summed E-state index contributed by atoms with van der Waals surface area (Å²) < 4.78 is 7.24. The number of benzene rings is 2. The number of carbonyl (C=O) groups excluding carboxylic acids is 1. The molecule has 1 aromatic heterocycles. The van der Waals surface area contributed by atoms with Crippen LogP contribution in [0.5, 0.6) is 0 Å². The molecule has 0 saturated carbocycles. The van der Waals surface area contributed by atoms with Crippen LogP contribution in [0.3, 0.4) is 0 Å². The minimum atomic E-state index is -0.135. The third-order valence-corrected chi connectivity index (χ3v) is 5.02. The summed E-state index contributed by atoms with van der Waals surface area (Å²) in [5.74, 6) is 0.441. The highest BCUT2D eigenvalue weighted by atomic mass is 16.5. The van der Waals surface area contributed by atoms with Gasteiger partial charge in [-0.1, -0.05) is 30.3 Å². The van der Waals surface area contributed by atoms with Gasteiger partial charge in [-0.15, -0.1) is 0 Å². The quantitative estimate of drug-likeness (QED) is 0.756. The second-order valence-corrected chi connectivity index (χ2v) is 6.85. The summed E-state index contributed by atoms with van der Waals surface area (Å²) in [7, 11) is 0. The molecule has 0 bridgehead atoms. The van der Waals surface area contributed by atoms with Gasteiger partial charge in [-0.25, -0.2) is 0 Å². The van der Waals surface area contributed by atoms with Crippen LogP contribution in [0.25, 0.3) is 10.8 Å². The molecule has 1 fully saturated rings. The molecule has 1 aliphatic heterocycles. The van der Waals surface area contributed by atoms with Crippen LogP contribution in [0.1, 0.15) is 15.9 Å². The lowest BCUT2D eigenvalue weighted by atomic mass is 10.00. The molecular weight excluding hydrogens is 340 g/mol. The first-order valence-corrected chi connectivity index (χ1v) is 9.34. The second kappa shape index (κ2) is 7.90. The van der Waals surface area contributed by atoms with Crippen molar-refractivity contribution in [3.05, 3.63) is 59.8 Å². The average molecular weight is 364 g/mol. The van der Waals surface area contributed by atoms with Gasteiger partial charge in [-0.3, -0.25) is 14.4 Å². The van der Waals surface area contributed by atoms with Gasteiger partial charge in [0.25, 0.3) is 5.91 Å². The molecule has 2 heterocycles. The van der Waals surface area contributed by atoms with Crippen molar-refractivity contribution in [3.63, 3.8) is 0 Å². The maximum Gasteiger partial charge on any atom is 0.257 e. The Balaban J connectivity index is 1.43. The minimum Gasteiger partial charge on any atom is -0.379 e. The van der Waals surface area contributed by atoms with E-state index in [1.807, 2.05) is 53.3 Å². The normalized spacial score (nSPS) is 15.1. The summed E-state index contributed by atoms with van der Waals surface area (Å²) in [6.45, 7) is 7.30. The van der Waals surface area contributed by atoms with Crippen molar-refractivity contribution < 1.29 is 9.53 Å². The molecule has 1 N–H and O–H groups in total. The highest BCUT2D eigenvalue weighted by molar-refractivity contribution is 6.13. The third-order valence-electron chi connectivity index (χ3n) is 5.02. The zero-order valence-corrected chi connectivity index (χ0v) is 15.5. The molecule has 1 saturated heterocycles. The second-order valence-electron chi connectivity index (χ2n) is 6.85. The number of anilines is 1. The van der Waals surface area contributed by atoms with Crippen molar-refractivity contribution in [3.8, 4) is 0 Å². The molecule has 0 atom stereocenters. The van der Waals surface area contributed by atoms with Crippen LogP contribution in [-0.4, -0.2) is 53.4 Å². The summed E-state index contributed by atoms with van der Waals surface area (Å²) in [4.78, 5) is 15.1. The van der Waals surface area contributed by atoms with Crippen LogP contribution in [-0.2, 0) is 11.3 Å². The number of aromatic nitrogens is 2. The molecule has 0 radical (unpaired) electrons. The lowest BCUT2D eigenvalue weighted by molar-refractivity contribution is 0.0360. The van der Waals surface area contributed by atoms with Crippen molar-refractivity contribution in [1.82, 2.24) is 14.7 Å². The van der Waals surface area contributed by atoms with Crippen molar-refractivity contribution in [2.24, 2.45) is 0 Å². The fourth-order valence-electron chi connectivity index (χ4n) is 3.45. The largest absolute Gasteiger partial charge is 0.379 e. The van der Waals surface area contributed by atoms with Gasteiger partial charge in [0.15, 0.2) is 5.82 Å². The number of carbonyl (C=O) groups is 1. The van der Waals surface area contributed by atoms with Crippen molar-refractivity contribution in [2.75, 3.05) is 38.2 Å². The Morgan fingerprint density at radius 3 is 2.67 bits per heavy atom. The average Bonchev–Trinajstić information content (AvgIpc) is 3.15. The van der Waals surface area contributed by atoms with E-state index in [1.54, 1.807) is 0 Å². The van der Waals surface area contributed by atoms with Gasteiger partial charge in [0.1, 0.15) is 0 Å². The molecule has 6 heteroatoms. The smallest absolute Gasteiger partial charge is 0.257 e. The van der Waals surface area contributed by atoms with E-state index >= 15 is 0 Å². The number of nitrogens with one attached hydrogen (secondary N) is 1. The van der Waals surface area contributed by atoms with Gasteiger partial charge in [0, 0.05) is 37.5 Å². The summed E-state index contributed by atoms with van der Waals surface area (Å²) >= 11 is 0. The molecular formula is C21H24N4O2. The van der Waals surface area contributed by atoms with Crippen molar-refractivity contribution in [1.29, 1.82) is 0 Å². The first-order chi connectivity index (χ1) is 13.2. The number of rotatable bonds is 5. The molecule has 0 aliphatic carbocycles. The molecule has 0 unspecified atom stereocenters. The van der Waals surface area contributed by atoms with Crippen LogP contribution in [0.15, 0.2) is 48.7 Å². The molecule has 1 amide bonds. The van der Waals surface area contributed by atoms with Gasteiger partial charge >= 0.3 is 0 Å². The van der Waals surface area contributed by atoms with Gasteiger partial charge in [-0.05, 0) is 29.3 Å². The number of hydrogen-bond acceptors (Lipinski definition) is 4. The zero-order valence-electron chi connectivity index (χ0n) is 15.5. The Morgan fingerprint density at radius 1 is 1.07 bits per heavy atom. The fraction of sp³-hybridized carbons (Fsp3) is 0.333. The van der Waals surface area contributed by atoms with E-state index in [4.69, 9.17) is 4.74 Å². The highest BCUT2D eigenvalue weighted by Gasteiger charge is 2.13. The Morgan fingerprint density at radius 2 is 1.85 bits per heavy atom. The van der Waals surface area contributed by atoms with Gasteiger partial charge in [0.2, 0.25) is 0 Å². The van der Waals surface area contributed by atoms with Gasteiger partial charge in [-0.2, -0.15) is 5.10 Å². The molecule has 27 heavy (non-hydrogen) atoms. The lowest BCUT2D eigenvalue weighted by Crippen LogP contribution is -2.38. The summed E-state index contributed by atoms with van der Waals surface area (Å²) in [6, 6.07) is 13.7. The number of amides is 1. The number of aryl methyl sites for hydroxylation is 1. The Labute approximate surface area is 158 Å². The van der Waals surface area contributed by atoms with E-state index in [0.717, 1.165) is 55.7 Å². The van der Waals surface area contributed by atoms with E-state index in [9.17, 15) is 4.79 Å². The van der Waals surface area contributed by atoms with Crippen molar-refractivity contribution in [2.45, 2.75) is 13.5 Å². The molecule has 0 spiro atoms. The van der Waals surface area contributed by atoms with Crippen LogP contribution >= 0.6 is 0 Å². The molecule has 4 rings (SSSR count). The number of fused-ring (bicyclic) bond motifs is 1. The maximum absolute atomic E-state index is 12.8. The standard InChI is InChI=1S/C21H24N4O2/c1-16-6-7-19(18-5-3-2-4-17(16)18)21(26)22-20-8-9-25(23-20)11-10-24-12-14-27-15-13-24/h2-9H,10-15H2,1H3,(H,22,23,26). The molecule has 2 aromatic carbocycles. The molecule has 6 nitrogen and oxygen atoms in total. The van der Waals surface area contributed by atoms with E-state index in [1.165, 1.54) is 0 Å². The maximum atomic E-state index is 12.8. The SMILES string of the molecule is Cc1ccc(C(=O)Nc2ccn(CCN3CCOCC3)n2)c2ccccc12. The van der Waals surface area contributed by atoms with Gasteiger partial charge < -0.3 is 10.1 Å². The molecule has 3 aromatic rings. The number of ether oxygens (including phenoxy) is 1. The Bertz CT molecular complexity index is 944. The highest BCUT2D eigenvalue weighted by Crippen LogP contribution is 2.23. The number of morpholine rings is 1. The van der Waals surface area contributed by atoms with Crippen LogP contribution in [0.4, 0.5) is 5.82 Å². The van der Waals surface area contributed by atoms with Gasteiger partial charge in [0.05, 0.1) is 19.8 Å². The Hall–Kier alpha value is -2.70. The fourth-order valence-corrected chi connectivity index (χ4v) is 3.45.